The number of hydrogen-bond acceptors (Lipinski definition) is 5. The number of carbonyl (C=O) groups is 2. The molecule has 1 aliphatic heterocycles. The molecule has 0 saturated carbocycles. The summed E-state index contributed by atoms with van der Waals surface area (Å²) in [5.74, 6) is -1.21. The number of primary amides is 1. The minimum atomic E-state index is -3.76. The maximum Gasteiger partial charge on any atom is 0.340 e. The zero-order chi connectivity index (χ0) is 18.8. The highest BCUT2D eigenvalue weighted by Crippen LogP contribution is 2.28. The maximum absolute atomic E-state index is 12.9. The van der Waals surface area contributed by atoms with E-state index in [1.807, 2.05) is 13.8 Å². The van der Waals surface area contributed by atoms with Gasteiger partial charge in [0, 0.05) is 13.1 Å². The van der Waals surface area contributed by atoms with E-state index in [0.717, 1.165) is 6.42 Å². The van der Waals surface area contributed by atoms with E-state index >= 15 is 0 Å². The second kappa shape index (κ2) is 7.72. The lowest BCUT2D eigenvalue weighted by atomic mass is 9.94. The first-order valence-electron chi connectivity index (χ1n) is 7.86. The number of carbonyl (C=O) groups excluding carboxylic acids is 2. The van der Waals surface area contributed by atoms with Crippen molar-refractivity contribution in [3.05, 3.63) is 28.8 Å². The lowest BCUT2D eigenvalue weighted by Crippen LogP contribution is -2.42. The van der Waals surface area contributed by atoms with Crippen LogP contribution in [-0.2, 0) is 19.6 Å². The Morgan fingerprint density at radius 3 is 2.44 bits per heavy atom. The first-order chi connectivity index (χ1) is 11.6. The highest BCUT2D eigenvalue weighted by molar-refractivity contribution is 7.89. The third kappa shape index (κ3) is 4.71. The van der Waals surface area contributed by atoms with Crippen LogP contribution in [0.1, 0.15) is 30.6 Å². The number of nitrogens with two attached hydrogens (primary N) is 1. The van der Waals surface area contributed by atoms with Crippen molar-refractivity contribution in [1.82, 2.24) is 4.31 Å². The van der Waals surface area contributed by atoms with Crippen molar-refractivity contribution in [2.45, 2.75) is 25.2 Å². The minimum absolute atomic E-state index is 0.0359. The summed E-state index contributed by atoms with van der Waals surface area (Å²) >= 11 is 5.96. The van der Waals surface area contributed by atoms with Crippen molar-refractivity contribution in [3.8, 4) is 0 Å². The standard InChI is InChI=1S/C16H21ClN2O5S/c1-10-5-11(2)8-19(7-10)25(22,23)12-3-4-14(17)13(6-12)16(21)24-9-15(18)20/h3-4,6,10-11H,5,7-9H2,1-2H3,(H2,18,20)/t10-,11+. The van der Waals surface area contributed by atoms with Crippen LogP contribution in [0.4, 0.5) is 0 Å². The Labute approximate surface area is 152 Å². The van der Waals surface area contributed by atoms with Gasteiger partial charge in [-0.25, -0.2) is 13.2 Å². The molecule has 1 aromatic carbocycles. The Balaban J connectivity index is 2.31. The van der Waals surface area contributed by atoms with Gasteiger partial charge in [-0.3, -0.25) is 4.79 Å². The van der Waals surface area contributed by atoms with Gasteiger partial charge in [-0.15, -0.1) is 0 Å². The van der Waals surface area contributed by atoms with Crippen molar-refractivity contribution >= 4 is 33.5 Å². The van der Waals surface area contributed by atoms with E-state index in [4.69, 9.17) is 22.1 Å². The Bertz CT molecular complexity index is 771. The lowest BCUT2D eigenvalue weighted by Gasteiger charge is -2.34. The summed E-state index contributed by atoms with van der Waals surface area (Å²) in [6.45, 7) is 4.26. The zero-order valence-corrected chi connectivity index (χ0v) is 15.6. The number of sulfonamides is 1. The molecule has 1 fully saturated rings. The average Bonchev–Trinajstić information content (AvgIpc) is 2.51. The summed E-state index contributed by atoms with van der Waals surface area (Å²) in [4.78, 5) is 22.7. The number of esters is 1. The van der Waals surface area contributed by atoms with E-state index in [9.17, 15) is 18.0 Å². The molecule has 1 heterocycles. The van der Waals surface area contributed by atoms with E-state index in [1.165, 1.54) is 22.5 Å². The fraction of sp³-hybridized carbons (Fsp3) is 0.500. The average molecular weight is 389 g/mol. The summed E-state index contributed by atoms with van der Waals surface area (Å²) in [6.07, 6.45) is 0.970. The molecule has 1 aliphatic rings. The van der Waals surface area contributed by atoms with Crippen LogP contribution in [0.3, 0.4) is 0 Å². The van der Waals surface area contributed by atoms with Gasteiger partial charge in [0.15, 0.2) is 6.61 Å². The molecule has 138 valence electrons. The molecule has 0 aliphatic carbocycles. The second-order valence-corrected chi connectivity index (χ2v) is 8.80. The normalized spacial score (nSPS) is 21.7. The van der Waals surface area contributed by atoms with Crippen LogP contribution in [0, 0.1) is 11.8 Å². The highest BCUT2D eigenvalue weighted by Gasteiger charge is 2.32. The van der Waals surface area contributed by atoms with Gasteiger partial charge in [-0.2, -0.15) is 4.31 Å². The smallest absolute Gasteiger partial charge is 0.340 e. The van der Waals surface area contributed by atoms with Crippen molar-refractivity contribution in [1.29, 1.82) is 0 Å². The van der Waals surface area contributed by atoms with Gasteiger partial charge in [-0.05, 0) is 36.5 Å². The van der Waals surface area contributed by atoms with Crippen LogP contribution in [0.25, 0.3) is 0 Å². The summed E-state index contributed by atoms with van der Waals surface area (Å²) in [5.41, 5.74) is 4.80. The second-order valence-electron chi connectivity index (χ2n) is 6.45. The van der Waals surface area contributed by atoms with Crippen LogP contribution < -0.4 is 5.73 Å². The molecule has 1 saturated heterocycles. The SMILES string of the molecule is C[C@@H]1C[C@H](C)CN(S(=O)(=O)c2ccc(Cl)c(C(=O)OCC(N)=O)c2)C1. The van der Waals surface area contributed by atoms with Crippen molar-refractivity contribution in [3.63, 3.8) is 0 Å². The molecule has 0 bridgehead atoms. The molecule has 1 amide bonds. The maximum atomic E-state index is 12.9. The van der Waals surface area contributed by atoms with E-state index in [0.29, 0.717) is 13.1 Å². The largest absolute Gasteiger partial charge is 0.452 e. The van der Waals surface area contributed by atoms with E-state index in [-0.39, 0.29) is 27.3 Å². The first kappa shape index (κ1) is 19.7. The third-order valence-corrected chi connectivity index (χ3v) is 6.13. The fourth-order valence-corrected chi connectivity index (χ4v) is 4.89. The molecular formula is C16H21ClN2O5S. The Morgan fingerprint density at radius 2 is 1.88 bits per heavy atom. The van der Waals surface area contributed by atoms with Gasteiger partial charge in [0.05, 0.1) is 15.5 Å². The monoisotopic (exact) mass is 388 g/mol. The van der Waals surface area contributed by atoms with E-state index in [2.05, 4.69) is 0 Å². The first-order valence-corrected chi connectivity index (χ1v) is 9.68. The molecule has 0 spiro atoms. The number of amides is 1. The Kier molecular flexibility index (Phi) is 6.08. The number of piperidine rings is 1. The molecular weight excluding hydrogens is 368 g/mol. The summed E-state index contributed by atoms with van der Waals surface area (Å²) in [5, 5.41) is 0.0359. The molecule has 1 aromatic rings. The molecule has 2 rings (SSSR count). The predicted octanol–water partition coefficient (Wildman–Crippen LogP) is 1.65. The zero-order valence-electron chi connectivity index (χ0n) is 14.1. The van der Waals surface area contributed by atoms with Gasteiger partial charge in [0.2, 0.25) is 10.0 Å². The van der Waals surface area contributed by atoms with Crippen LogP contribution in [0.15, 0.2) is 23.1 Å². The Morgan fingerprint density at radius 1 is 1.28 bits per heavy atom. The van der Waals surface area contributed by atoms with Crippen molar-refractivity contribution in [2.24, 2.45) is 17.6 Å². The minimum Gasteiger partial charge on any atom is -0.452 e. The number of nitrogens with zero attached hydrogens (tertiary/aromatic N) is 1. The Hall–Kier alpha value is -1.64. The number of ether oxygens (including phenoxy) is 1. The van der Waals surface area contributed by atoms with Crippen molar-refractivity contribution < 1.29 is 22.7 Å². The number of halogens is 1. The molecule has 0 radical (unpaired) electrons. The van der Waals surface area contributed by atoms with E-state index in [1.54, 1.807) is 0 Å². The topological polar surface area (TPSA) is 107 Å². The quantitative estimate of drug-likeness (QED) is 0.772. The van der Waals surface area contributed by atoms with Crippen molar-refractivity contribution in [2.75, 3.05) is 19.7 Å². The van der Waals surface area contributed by atoms with Gasteiger partial charge in [-0.1, -0.05) is 25.4 Å². The van der Waals surface area contributed by atoms with Crippen LogP contribution in [-0.4, -0.2) is 44.3 Å². The van der Waals surface area contributed by atoms with Gasteiger partial charge < -0.3 is 10.5 Å². The van der Waals surface area contributed by atoms with Crippen LogP contribution in [0.5, 0.6) is 0 Å². The number of hydrogen-bond donors (Lipinski definition) is 1. The summed E-state index contributed by atoms with van der Waals surface area (Å²) < 4.78 is 31.9. The molecule has 0 unspecified atom stereocenters. The number of rotatable bonds is 5. The lowest BCUT2D eigenvalue weighted by molar-refractivity contribution is -0.121. The summed E-state index contributed by atoms with van der Waals surface area (Å²) in [7, 11) is -3.76. The molecule has 7 nitrogen and oxygen atoms in total. The fourth-order valence-electron chi connectivity index (χ4n) is 2.99. The van der Waals surface area contributed by atoms with Crippen LogP contribution in [0.2, 0.25) is 5.02 Å². The molecule has 25 heavy (non-hydrogen) atoms. The third-order valence-electron chi connectivity index (χ3n) is 3.98. The molecule has 2 atom stereocenters. The predicted molar refractivity (Wildman–Crippen MR) is 92.6 cm³/mol. The highest BCUT2D eigenvalue weighted by atomic mass is 35.5. The number of benzene rings is 1. The van der Waals surface area contributed by atoms with Crippen LogP contribution >= 0.6 is 11.6 Å². The summed E-state index contributed by atoms with van der Waals surface area (Å²) in [6, 6.07) is 3.85. The van der Waals surface area contributed by atoms with E-state index < -0.39 is 28.5 Å². The molecule has 2 N–H and O–H groups in total. The molecule has 9 heteroatoms. The van der Waals surface area contributed by atoms with Gasteiger partial charge >= 0.3 is 5.97 Å². The van der Waals surface area contributed by atoms with Gasteiger partial charge in [0.1, 0.15) is 0 Å². The van der Waals surface area contributed by atoms with Gasteiger partial charge in [0.25, 0.3) is 5.91 Å². The molecule has 0 aromatic heterocycles.